The summed E-state index contributed by atoms with van der Waals surface area (Å²) in [7, 11) is 3.07. The SMILES string of the molecule is COC(=O)/C=C/N1CCN(c2ccccc2OC)CC1. The molecule has 0 aliphatic carbocycles. The summed E-state index contributed by atoms with van der Waals surface area (Å²) in [5, 5.41) is 0. The first-order valence-electron chi connectivity index (χ1n) is 6.62. The maximum Gasteiger partial charge on any atom is 0.331 e. The quantitative estimate of drug-likeness (QED) is 0.616. The Morgan fingerprint density at radius 1 is 1.15 bits per heavy atom. The lowest BCUT2D eigenvalue weighted by Gasteiger charge is -2.36. The highest BCUT2D eigenvalue weighted by Crippen LogP contribution is 2.28. The Balaban J connectivity index is 1.94. The lowest BCUT2D eigenvalue weighted by Crippen LogP contribution is -2.44. The maximum atomic E-state index is 11.1. The number of benzene rings is 1. The van der Waals surface area contributed by atoms with Crippen LogP contribution in [0.5, 0.6) is 5.75 Å². The highest BCUT2D eigenvalue weighted by molar-refractivity contribution is 5.81. The second-order valence-corrected chi connectivity index (χ2v) is 4.53. The molecule has 0 amide bonds. The normalized spacial score (nSPS) is 15.5. The van der Waals surface area contributed by atoms with E-state index in [9.17, 15) is 4.79 Å². The molecule has 0 atom stereocenters. The first-order chi connectivity index (χ1) is 9.74. The number of para-hydroxylation sites is 2. The van der Waals surface area contributed by atoms with E-state index in [1.807, 2.05) is 18.2 Å². The van der Waals surface area contributed by atoms with Crippen molar-refractivity contribution in [2.45, 2.75) is 0 Å². The number of ether oxygens (including phenoxy) is 2. The predicted molar refractivity (Wildman–Crippen MR) is 77.9 cm³/mol. The molecule has 20 heavy (non-hydrogen) atoms. The Kier molecular flexibility index (Phi) is 4.87. The third kappa shape index (κ3) is 3.44. The van der Waals surface area contributed by atoms with Crippen LogP contribution in [0.25, 0.3) is 0 Å². The van der Waals surface area contributed by atoms with E-state index in [4.69, 9.17) is 4.74 Å². The van der Waals surface area contributed by atoms with E-state index in [-0.39, 0.29) is 5.97 Å². The molecule has 1 heterocycles. The maximum absolute atomic E-state index is 11.1. The largest absolute Gasteiger partial charge is 0.495 e. The highest BCUT2D eigenvalue weighted by atomic mass is 16.5. The monoisotopic (exact) mass is 276 g/mol. The summed E-state index contributed by atoms with van der Waals surface area (Å²) >= 11 is 0. The molecular formula is C15H20N2O3. The second-order valence-electron chi connectivity index (χ2n) is 4.53. The van der Waals surface area contributed by atoms with E-state index in [0.29, 0.717) is 0 Å². The molecule has 5 heteroatoms. The zero-order chi connectivity index (χ0) is 14.4. The Bertz CT molecular complexity index is 480. The number of hydrogen-bond donors (Lipinski definition) is 0. The van der Waals surface area contributed by atoms with Crippen LogP contribution in [0.3, 0.4) is 0 Å². The molecule has 1 aliphatic heterocycles. The van der Waals surface area contributed by atoms with Crippen LogP contribution in [-0.4, -0.2) is 51.3 Å². The molecule has 1 saturated heterocycles. The van der Waals surface area contributed by atoms with Crippen molar-refractivity contribution >= 4 is 11.7 Å². The lowest BCUT2D eigenvalue weighted by atomic mass is 10.2. The molecule has 1 fully saturated rings. The fourth-order valence-electron chi connectivity index (χ4n) is 2.24. The van der Waals surface area contributed by atoms with Gasteiger partial charge in [-0.25, -0.2) is 4.79 Å². The number of nitrogens with zero attached hydrogens (tertiary/aromatic N) is 2. The van der Waals surface area contributed by atoms with Gasteiger partial charge < -0.3 is 19.3 Å². The van der Waals surface area contributed by atoms with Gasteiger partial charge in [0.25, 0.3) is 0 Å². The van der Waals surface area contributed by atoms with Gasteiger partial charge in [-0.2, -0.15) is 0 Å². The van der Waals surface area contributed by atoms with E-state index in [1.54, 1.807) is 13.3 Å². The molecule has 0 N–H and O–H groups in total. The number of hydrogen-bond acceptors (Lipinski definition) is 5. The summed E-state index contributed by atoms with van der Waals surface area (Å²) in [5.74, 6) is 0.572. The van der Waals surface area contributed by atoms with Crippen molar-refractivity contribution in [3.8, 4) is 5.75 Å². The Morgan fingerprint density at radius 3 is 2.50 bits per heavy atom. The minimum Gasteiger partial charge on any atom is -0.495 e. The van der Waals surface area contributed by atoms with E-state index >= 15 is 0 Å². The summed E-state index contributed by atoms with van der Waals surface area (Å²) in [6.07, 6.45) is 3.25. The highest BCUT2D eigenvalue weighted by Gasteiger charge is 2.17. The van der Waals surface area contributed by atoms with Crippen LogP contribution in [0.4, 0.5) is 5.69 Å². The number of piperazine rings is 1. The van der Waals surface area contributed by atoms with E-state index < -0.39 is 0 Å². The molecule has 0 aromatic heterocycles. The molecule has 1 aromatic carbocycles. The molecule has 0 saturated carbocycles. The first kappa shape index (κ1) is 14.2. The molecular weight excluding hydrogens is 256 g/mol. The van der Waals surface area contributed by atoms with E-state index in [0.717, 1.165) is 37.6 Å². The van der Waals surface area contributed by atoms with Gasteiger partial charge in [0.05, 0.1) is 19.9 Å². The van der Waals surface area contributed by atoms with Crippen LogP contribution < -0.4 is 9.64 Å². The molecule has 0 unspecified atom stereocenters. The molecule has 5 nitrogen and oxygen atoms in total. The second kappa shape index (κ2) is 6.84. The fraction of sp³-hybridized carbons (Fsp3) is 0.400. The van der Waals surface area contributed by atoms with Crippen LogP contribution in [0, 0.1) is 0 Å². The van der Waals surface area contributed by atoms with Crippen molar-refractivity contribution in [2.75, 3.05) is 45.3 Å². The lowest BCUT2D eigenvalue weighted by molar-refractivity contribution is -0.134. The van der Waals surface area contributed by atoms with Crippen LogP contribution in [-0.2, 0) is 9.53 Å². The molecule has 0 spiro atoms. The Hall–Kier alpha value is -2.17. The van der Waals surface area contributed by atoms with E-state index in [1.165, 1.54) is 13.2 Å². The summed E-state index contributed by atoms with van der Waals surface area (Å²) in [6, 6.07) is 8.02. The zero-order valence-corrected chi connectivity index (χ0v) is 11.9. The minimum atomic E-state index is -0.322. The van der Waals surface area contributed by atoms with Crippen LogP contribution in [0.2, 0.25) is 0 Å². The smallest absolute Gasteiger partial charge is 0.331 e. The van der Waals surface area contributed by atoms with E-state index in [2.05, 4.69) is 20.6 Å². The first-order valence-corrected chi connectivity index (χ1v) is 6.62. The van der Waals surface area contributed by atoms with Gasteiger partial charge in [-0.1, -0.05) is 12.1 Å². The standard InChI is InChI=1S/C15H20N2O3/c1-19-14-6-4-3-5-13(14)17-11-9-16(10-12-17)8-7-15(18)20-2/h3-8H,9-12H2,1-2H3/b8-7+. The van der Waals surface area contributed by atoms with Crippen molar-refractivity contribution in [2.24, 2.45) is 0 Å². The average Bonchev–Trinajstić information content (AvgIpc) is 2.53. The predicted octanol–water partition coefficient (Wildman–Crippen LogP) is 1.50. The fourth-order valence-corrected chi connectivity index (χ4v) is 2.24. The van der Waals surface area contributed by atoms with Crippen LogP contribution in [0.1, 0.15) is 0 Å². The number of carbonyl (C=O) groups excluding carboxylic acids is 1. The molecule has 2 rings (SSSR count). The summed E-state index contributed by atoms with van der Waals surface area (Å²) in [4.78, 5) is 15.5. The van der Waals surface area contributed by atoms with Gasteiger partial charge in [-0.15, -0.1) is 0 Å². The van der Waals surface area contributed by atoms with Gasteiger partial charge in [0.15, 0.2) is 0 Å². The van der Waals surface area contributed by atoms with Crippen molar-refractivity contribution in [3.05, 3.63) is 36.5 Å². The number of anilines is 1. The van der Waals surface area contributed by atoms with Crippen molar-refractivity contribution in [1.29, 1.82) is 0 Å². The summed E-state index contributed by atoms with van der Waals surface area (Å²) < 4.78 is 9.97. The summed E-state index contributed by atoms with van der Waals surface area (Å²) in [5.41, 5.74) is 1.12. The van der Waals surface area contributed by atoms with Crippen LogP contribution in [0.15, 0.2) is 36.5 Å². The molecule has 0 bridgehead atoms. The average molecular weight is 276 g/mol. The van der Waals surface area contributed by atoms with Gasteiger partial charge in [-0.05, 0) is 12.1 Å². The number of esters is 1. The number of carbonyl (C=O) groups is 1. The molecule has 0 radical (unpaired) electrons. The number of methoxy groups -OCH3 is 2. The molecule has 1 aromatic rings. The topological polar surface area (TPSA) is 42.0 Å². The zero-order valence-electron chi connectivity index (χ0n) is 11.9. The van der Waals surface area contributed by atoms with Gasteiger partial charge in [-0.3, -0.25) is 0 Å². The van der Waals surface area contributed by atoms with Gasteiger partial charge in [0, 0.05) is 38.5 Å². The Labute approximate surface area is 119 Å². The van der Waals surface area contributed by atoms with Crippen LogP contribution >= 0.6 is 0 Å². The molecule has 1 aliphatic rings. The van der Waals surface area contributed by atoms with Gasteiger partial charge in [0.1, 0.15) is 5.75 Å². The van der Waals surface area contributed by atoms with Crippen molar-refractivity contribution in [3.63, 3.8) is 0 Å². The minimum absolute atomic E-state index is 0.322. The summed E-state index contributed by atoms with van der Waals surface area (Å²) in [6.45, 7) is 3.52. The van der Waals surface area contributed by atoms with Crippen molar-refractivity contribution in [1.82, 2.24) is 4.90 Å². The van der Waals surface area contributed by atoms with Crippen molar-refractivity contribution < 1.29 is 14.3 Å². The molecule has 108 valence electrons. The number of rotatable bonds is 4. The Morgan fingerprint density at radius 2 is 1.85 bits per heavy atom. The third-order valence-corrected chi connectivity index (χ3v) is 3.36. The van der Waals surface area contributed by atoms with Gasteiger partial charge in [0.2, 0.25) is 0 Å². The third-order valence-electron chi connectivity index (χ3n) is 3.36. The van der Waals surface area contributed by atoms with Gasteiger partial charge >= 0.3 is 5.97 Å².